The van der Waals surface area contributed by atoms with E-state index in [-0.39, 0.29) is 5.69 Å². The number of nitrogens with zero attached hydrogens (tertiary/aromatic N) is 4. The molecule has 0 aliphatic heterocycles. The SMILES string of the molecule is CCc1ccc(-n2nnc(C#N)c2-c2ccccc2F)cc1. The van der Waals surface area contributed by atoms with Crippen molar-refractivity contribution in [2.45, 2.75) is 13.3 Å². The van der Waals surface area contributed by atoms with Crippen LogP contribution in [-0.4, -0.2) is 15.0 Å². The van der Waals surface area contributed by atoms with Crippen LogP contribution in [0.5, 0.6) is 0 Å². The van der Waals surface area contributed by atoms with Gasteiger partial charge in [-0.1, -0.05) is 36.4 Å². The molecule has 22 heavy (non-hydrogen) atoms. The average Bonchev–Trinajstić information content (AvgIpc) is 2.99. The van der Waals surface area contributed by atoms with Crippen LogP contribution in [0.3, 0.4) is 0 Å². The number of aromatic nitrogens is 3. The topological polar surface area (TPSA) is 54.5 Å². The van der Waals surface area contributed by atoms with Crippen LogP contribution in [0.15, 0.2) is 48.5 Å². The van der Waals surface area contributed by atoms with Crippen molar-refractivity contribution in [2.24, 2.45) is 0 Å². The van der Waals surface area contributed by atoms with Gasteiger partial charge in [0.1, 0.15) is 17.6 Å². The van der Waals surface area contributed by atoms with E-state index in [0.29, 0.717) is 11.3 Å². The first-order chi connectivity index (χ1) is 10.7. The van der Waals surface area contributed by atoms with Crippen LogP contribution in [0.2, 0.25) is 0 Å². The Morgan fingerprint density at radius 1 is 1.14 bits per heavy atom. The molecule has 0 aliphatic rings. The highest BCUT2D eigenvalue weighted by molar-refractivity contribution is 5.67. The second kappa shape index (κ2) is 5.78. The van der Waals surface area contributed by atoms with Crippen LogP contribution in [-0.2, 0) is 6.42 Å². The Balaban J connectivity index is 2.19. The quantitative estimate of drug-likeness (QED) is 0.742. The highest BCUT2D eigenvalue weighted by atomic mass is 19.1. The fourth-order valence-electron chi connectivity index (χ4n) is 2.31. The average molecular weight is 292 g/mol. The predicted molar refractivity (Wildman–Crippen MR) is 80.8 cm³/mol. The van der Waals surface area contributed by atoms with Crippen molar-refractivity contribution in [3.63, 3.8) is 0 Å². The summed E-state index contributed by atoms with van der Waals surface area (Å²) in [4.78, 5) is 0. The molecule has 0 N–H and O–H groups in total. The van der Waals surface area contributed by atoms with Crippen LogP contribution in [0.1, 0.15) is 18.2 Å². The van der Waals surface area contributed by atoms with Gasteiger partial charge in [-0.2, -0.15) is 5.26 Å². The molecule has 0 saturated heterocycles. The van der Waals surface area contributed by atoms with Gasteiger partial charge in [0, 0.05) is 5.56 Å². The first-order valence-electron chi connectivity index (χ1n) is 6.94. The fourth-order valence-corrected chi connectivity index (χ4v) is 2.31. The molecule has 0 spiro atoms. The van der Waals surface area contributed by atoms with Gasteiger partial charge in [-0.05, 0) is 36.2 Å². The molecule has 0 saturated carbocycles. The number of nitriles is 1. The maximum absolute atomic E-state index is 14.1. The lowest BCUT2D eigenvalue weighted by Gasteiger charge is -2.08. The molecule has 1 aromatic heterocycles. The molecule has 0 radical (unpaired) electrons. The number of aryl methyl sites for hydroxylation is 1. The van der Waals surface area contributed by atoms with Crippen molar-refractivity contribution >= 4 is 0 Å². The fraction of sp³-hybridized carbons (Fsp3) is 0.118. The van der Waals surface area contributed by atoms with Crippen LogP contribution < -0.4 is 0 Å². The minimum Gasteiger partial charge on any atom is -0.211 e. The molecule has 0 unspecified atom stereocenters. The summed E-state index contributed by atoms with van der Waals surface area (Å²) >= 11 is 0. The lowest BCUT2D eigenvalue weighted by atomic mass is 10.1. The molecule has 0 fully saturated rings. The zero-order valence-corrected chi connectivity index (χ0v) is 12.0. The Kier molecular flexibility index (Phi) is 3.67. The molecular formula is C17H13FN4. The van der Waals surface area contributed by atoms with E-state index in [1.54, 1.807) is 18.2 Å². The molecule has 3 aromatic rings. The van der Waals surface area contributed by atoms with E-state index >= 15 is 0 Å². The highest BCUT2D eigenvalue weighted by Crippen LogP contribution is 2.27. The van der Waals surface area contributed by atoms with Gasteiger partial charge in [0.25, 0.3) is 0 Å². The predicted octanol–water partition coefficient (Wildman–Crippen LogP) is 3.51. The molecule has 2 aromatic carbocycles. The smallest absolute Gasteiger partial charge is 0.191 e. The first kappa shape index (κ1) is 14.0. The van der Waals surface area contributed by atoms with E-state index in [4.69, 9.17) is 0 Å². The van der Waals surface area contributed by atoms with Crippen LogP contribution >= 0.6 is 0 Å². The van der Waals surface area contributed by atoms with Gasteiger partial charge in [-0.15, -0.1) is 5.10 Å². The van der Waals surface area contributed by atoms with E-state index in [0.717, 1.165) is 12.1 Å². The van der Waals surface area contributed by atoms with E-state index in [2.05, 4.69) is 17.2 Å². The largest absolute Gasteiger partial charge is 0.211 e. The van der Waals surface area contributed by atoms with E-state index < -0.39 is 5.82 Å². The van der Waals surface area contributed by atoms with Crippen LogP contribution in [0.4, 0.5) is 4.39 Å². The lowest BCUT2D eigenvalue weighted by molar-refractivity contribution is 0.629. The first-order valence-corrected chi connectivity index (χ1v) is 6.94. The molecule has 0 atom stereocenters. The second-order valence-electron chi connectivity index (χ2n) is 4.81. The lowest BCUT2D eigenvalue weighted by Crippen LogP contribution is -2.01. The maximum Gasteiger partial charge on any atom is 0.191 e. The van der Waals surface area contributed by atoms with Gasteiger partial charge in [-0.3, -0.25) is 0 Å². The van der Waals surface area contributed by atoms with Gasteiger partial charge in [0.2, 0.25) is 0 Å². The highest BCUT2D eigenvalue weighted by Gasteiger charge is 2.18. The summed E-state index contributed by atoms with van der Waals surface area (Å²) in [6.07, 6.45) is 0.932. The summed E-state index contributed by atoms with van der Waals surface area (Å²) in [5.74, 6) is -0.410. The van der Waals surface area contributed by atoms with Gasteiger partial charge in [0.15, 0.2) is 5.69 Å². The summed E-state index contributed by atoms with van der Waals surface area (Å²) in [5, 5.41) is 17.1. The van der Waals surface area contributed by atoms with Crippen molar-refractivity contribution < 1.29 is 4.39 Å². The Morgan fingerprint density at radius 3 is 2.50 bits per heavy atom. The van der Waals surface area contributed by atoms with Crippen molar-refractivity contribution in [3.05, 3.63) is 65.6 Å². The van der Waals surface area contributed by atoms with Crippen molar-refractivity contribution in [3.8, 4) is 23.0 Å². The van der Waals surface area contributed by atoms with Crippen molar-refractivity contribution in [2.75, 3.05) is 0 Å². The Labute approximate surface area is 127 Å². The monoisotopic (exact) mass is 292 g/mol. The summed E-state index contributed by atoms with van der Waals surface area (Å²) < 4.78 is 15.6. The van der Waals surface area contributed by atoms with E-state index in [1.807, 2.05) is 30.3 Å². The van der Waals surface area contributed by atoms with Crippen molar-refractivity contribution in [1.29, 1.82) is 5.26 Å². The third-order valence-corrected chi connectivity index (χ3v) is 3.49. The number of hydrogen-bond acceptors (Lipinski definition) is 3. The standard InChI is InChI=1S/C17H13FN4/c1-2-12-7-9-13(10-8-12)22-17(16(11-19)20-21-22)14-5-3-4-6-15(14)18/h3-10H,2H2,1H3. The molecular weight excluding hydrogens is 279 g/mol. The zero-order valence-electron chi connectivity index (χ0n) is 12.0. The Morgan fingerprint density at radius 2 is 1.86 bits per heavy atom. The minimum absolute atomic E-state index is 0.102. The number of rotatable bonds is 3. The normalized spacial score (nSPS) is 10.4. The van der Waals surface area contributed by atoms with Gasteiger partial charge in [-0.25, -0.2) is 9.07 Å². The summed E-state index contributed by atoms with van der Waals surface area (Å²) in [6.45, 7) is 2.07. The van der Waals surface area contributed by atoms with Crippen molar-refractivity contribution in [1.82, 2.24) is 15.0 Å². The van der Waals surface area contributed by atoms with Crippen LogP contribution in [0.25, 0.3) is 16.9 Å². The molecule has 0 aliphatic carbocycles. The van der Waals surface area contributed by atoms with Gasteiger partial charge < -0.3 is 0 Å². The minimum atomic E-state index is -0.410. The maximum atomic E-state index is 14.1. The molecule has 1 heterocycles. The number of halogens is 1. The summed E-state index contributed by atoms with van der Waals surface area (Å²) in [7, 11) is 0. The molecule has 0 bridgehead atoms. The molecule has 4 nitrogen and oxygen atoms in total. The molecule has 3 rings (SSSR count). The molecule has 108 valence electrons. The molecule has 0 amide bonds. The second-order valence-corrected chi connectivity index (χ2v) is 4.81. The van der Waals surface area contributed by atoms with Crippen LogP contribution in [0, 0.1) is 17.1 Å². The summed E-state index contributed by atoms with van der Waals surface area (Å²) in [6, 6.07) is 16.0. The summed E-state index contributed by atoms with van der Waals surface area (Å²) in [5.41, 5.74) is 2.71. The number of benzene rings is 2. The Hall–Kier alpha value is -3.00. The third kappa shape index (κ3) is 2.35. The van der Waals surface area contributed by atoms with Gasteiger partial charge in [0.05, 0.1) is 5.69 Å². The van der Waals surface area contributed by atoms with E-state index in [9.17, 15) is 9.65 Å². The Bertz CT molecular complexity index is 844. The van der Waals surface area contributed by atoms with E-state index in [1.165, 1.54) is 16.3 Å². The number of hydrogen-bond donors (Lipinski definition) is 0. The zero-order chi connectivity index (χ0) is 15.5. The third-order valence-electron chi connectivity index (χ3n) is 3.49. The molecule has 5 heteroatoms. The van der Waals surface area contributed by atoms with Gasteiger partial charge >= 0.3 is 0 Å².